The molecule has 4 aromatic rings. The first-order chi connectivity index (χ1) is 15.9. The molecule has 0 atom stereocenters. The van der Waals surface area contributed by atoms with E-state index >= 15 is 0 Å². The number of hydrogen-bond acceptors (Lipinski definition) is 4. The van der Waals surface area contributed by atoms with E-state index in [1.165, 1.54) is 11.0 Å². The summed E-state index contributed by atoms with van der Waals surface area (Å²) in [4.78, 5) is 26.7. The summed E-state index contributed by atoms with van der Waals surface area (Å²) in [7, 11) is 0. The summed E-state index contributed by atoms with van der Waals surface area (Å²) in [5.41, 5.74) is 3.75. The average molecular weight is 441 g/mol. The van der Waals surface area contributed by atoms with Crippen LogP contribution < -0.4 is 10.6 Å². The molecule has 0 fully saturated rings. The summed E-state index contributed by atoms with van der Waals surface area (Å²) >= 11 is 0. The van der Waals surface area contributed by atoms with Gasteiger partial charge >= 0.3 is 6.03 Å². The first kappa shape index (κ1) is 21.0. The number of carbonyl (C=O) groups is 1. The fourth-order valence-corrected chi connectivity index (χ4v) is 4.17. The number of hydrogen-bond donors (Lipinski definition) is 3. The first-order valence-corrected chi connectivity index (χ1v) is 11.2. The van der Waals surface area contributed by atoms with Gasteiger partial charge in [0.05, 0.1) is 5.39 Å². The summed E-state index contributed by atoms with van der Waals surface area (Å²) in [6, 6.07) is 16.6. The molecular formula is C26H28N6O. The second kappa shape index (κ2) is 8.24. The van der Waals surface area contributed by atoms with Crippen molar-refractivity contribution in [3.05, 3.63) is 66.6 Å². The number of nitrogens with zero attached hydrogens (tertiary/aromatic N) is 3. The van der Waals surface area contributed by atoms with Crippen molar-refractivity contribution in [2.45, 2.75) is 32.7 Å². The molecule has 0 unspecified atom stereocenters. The van der Waals surface area contributed by atoms with E-state index in [-0.39, 0.29) is 11.6 Å². The highest BCUT2D eigenvalue weighted by Gasteiger charge is 2.22. The predicted molar refractivity (Wildman–Crippen MR) is 134 cm³/mol. The Labute approximate surface area is 192 Å². The van der Waals surface area contributed by atoms with Crippen molar-refractivity contribution in [1.82, 2.24) is 25.2 Å². The van der Waals surface area contributed by atoms with Gasteiger partial charge in [-0.1, -0.05) is 42.5 Å². The number of amides is 2. The molecule has 3 N–H and O–H groups in total. The molecule has 7 nitrogen and oxygen atoms in total. The molecule has 168 valence electrons. The van der Waals surface area contributed by atoms with Crippen LogP contribution in [0.2, 0.25) is 0 Å². The van der Waals surface area contributed by atoms with Gasteiger partial charge in [-0.15, -0.1) is 0 Å². The van der Waals surface area contributed by atoms with E-state index in [1.54, 1.807) is 6.33 Å². The zero-order chi connectivity index (χ0) is 23.0. The van der Waals surface area contributed by atoms with Gasteiger partial charge < -0.3 is 20.5 Å². The lowest BCUT2D eigenvalue weighted by molar-refractivity contribution is 0.193. The molecule has 2 amide bonds. The van der Waals surface area contributed by atoms with Gasteiger partial charge in [-0.2, -0.15) is 0 Å². The highest BCUT2D eigenvalue weighted by atomic mass is 16.2. The fourth-order valence-electron chi connectivity index (χ4n) is 4.17. The third kappa shape index (κ3) is 4.39. The minimum absolute atomic E-state index is 0.0260. The Morgan fingerprint density at radius 1 is 1.06 bits per heavy atom. The van der Waals surface area contributed by atoms with Gasteiger partial charge in [0.1, 0.15) is 17.8 Å². The Kier molecular flexibility index (Phi) is 5.24. The predicted octanol–water partition coefficient (Wildman–Crippen LogP) is 5.45. The number of carbonyl (C=O) groups excluding carboxylic acids is 1. The summed E-state index contributed by atoms with van der Waals surface area (Å²) in [5, 5.41) is 9.79. The van der Waals surface area contributed by atoms with Crippen LogP contribution >= 0.6 is 0 Å². The maximum absolute atomic E-state index is 12.5. The molecule has 5 rings (SSSR count). The van der Waals surface area contributed by atoms with Gasteiger partial charge in [0, 0.05) is 35.4 Å². The smallest absolute Gasteiger partial charge is 0.318 e. The quantitative estimate of drug-likeness (QED) is 0.395. The normalized spacial score (nSPS) is 14.4. The third-order valence-corrected chi connectivity index (χ3v) is 5.79. The highest BCUT2D eigenvalue weighted by Crippen LogP contribution is 2.31. The Hall–Kier alpha value is -3.87. The molecule has 0 bridgehead atoms. The lowest BCUT2D eigenvalue weighted by Crippen LogP contribution is -2.49. The van der Waals surface area contributed by atoms with Gasteiger partial charge in [-0.25, -0.2) is 14.8 Å². The minimum atomic E-state index is -0.246. The minimum Gasteiger partial charge on any atom is -0.339 e. The van der Waals surface area contributed by atoms with Crippen molar-refractivity contribution in [3.8, 4) is 0 Å². The first-order valence-electron chi connectivity index (χ1n) is 11.2. The summed E-state index contributed by atoms with van der Waals surface area (Å²) < 4.78 is 0. The number of aromatic amines is 1. The summed E-state index contributed by atoms with van der Waals surface area (Å²) in [6.45, 7) is 7.23. The van der Waals surface area contributed by atoms with Crippen molar-refractivity contribution >= 4 is 44.9 Å². The van der Waals surface area contributed by atoms with Crippen LogP contribution in [0.15, 0.2) is 60.9 Å². The Morgan fingerprint density at radius 3 is 2.67 bits per heavy atom. The molecule has 3 heterocycles. The number of nitrogens with one attached hydrogen (secondary N) is 3. The molecule has 2 aromatic heterocycles. The monoisotopic (exact) mass is 440 g/mol. The molecule has 0 spiro atoms. The lowest BCUT2D eigenvalue weighted by Gasteiger charge is -2.30. The molecule has 1 aliphatic rings. The average Bonchev–Trinajstić information content (AvgIpc) is 3.24. The number of H-pyrrole nitrogens is 1. The number of fused-ring (bicyclic) bond motifs is 2. The van der Waals surface area contributed by atoms with Gasteiger partial charge in [0.2, 0.25) is 0 Å². The van der Waals surface area contributed by atoms with E-state index in [0.717, 1.165) is 40.0 Å². The van der Waals surface area contributed by atoms with E-state index in [2.05, 4.69) is 62.0 Å². The summed E-state index contributed by atoms with van der Waals surface area (Å²) in [5.74, 6) is 0.765. The van der Waals surface area contributed by atoms with Crippen LogP contribution in [0.25, 0.3) is 27.4 Å². The highest BCUT2D eigenvalue weighted by molar-refractivity contribution is 5.99. The lowest BCUT2D eigenvalue weighted by atomic mass is 10.0. The van der Waals surface area contributed by atoms with Crippen LogP contribution in [0.4, 0.5) is 16.3 Å². The Morgan fingerprint density at radius 2 is 1.88 bits per heavy atom. The largest absolute Gasteiger partial charge is 0.339 e. The van der Waals surface area contributed by atoms with Gasteiger partial charge in [-0.05, 0) is 50.3 Å². The second-order valence-corrected chi connectivity index (χ2v) is 9.42. The van der Waals surface area contributed by atoms with Gasteiger partial charge in [0.25, 0.3) is 0 Å². The van der Waals surface area contributed by atoms with Gasteiger partial charge in [-0.3, -0.25) is 0 Å². The Bertz CT molecular complexity index is 1360. The van der Waals surface area contributed by atoms with Crippen molar-refractivity contribution in [2.24, 2.45) is 0 Å². The van der Waals surface area contributed by atoms with Crippen molar-refractivity contribution in [1.29, 1.82) is 0 Å². The molecule has 33 heavy (non-hydrogen) atoms. The third-order valence-electron chi connectivity index (χ3n) is 5.79. The van der Waals surface area contributed by atoms with Crippen molar-refractivity contribution < 1.29 is 4.79 Å². The van der Waals surface area contributed by atoms with Crippen molar-refractivity contribution in [2.75, 3.05) is 18.4 Å². The number of rotatable bonds is 3. The maximum atomic E-state index is 12.5. The van der Waals surface area contributed by atoms with E-state index in [0.29, 0.717) is 13.1 Å². The molecule has 7 heteroatoms. The van der Waals surface area contributed by atoms with Crippen LogP contribution in [0.3, 0.4) is 0 Å². The summed E-state index contributed by atoms with van der Waals surface area (Å²) in [6.07, 6.45) is 4.47. The van der Waals surface area contributed by atoms with E-state index in [9.17, 15) is 4.79 Å². The van der Waals surface area contributed by atoms with Gasteiger partial charge in [0.15, 0.2) is 0 Å². The number of anilines is 2. The van der Waals surface area contributed by atoms with Crippen molar-refractivity contribution in [3.63, 3.8) is 0 Å². The molecule has 0 radical (unpaired) electrons. The number of benzene rings is 2. The molecular weight excluding hydrogens is 412 g/mol. The molecule has 1 aliphatic heterocycles. The fraction of sp³-hybridized carbons (Fsp3) is 0.269. The number of aromatic nitrogens is 3. The molecule has 0 aliphatic carbocycles. The molecule has 0 saturated heterocycles. The van der Waals surface area contributed by atoms with Crippen LogP contribution in [-0.2, 0) is 0 Å². The molecule has 2 aromatic carbocycles. The topological polar surface area (TPSA) is 85.9 Å². The van der Waals surface area contributed by atoms with E-state index in [1.807, 2.05) is 43.9 Å². The Balaban J connectivity index is 1.40. The standard InChI is InChI=1S/C26H28N6O/c1-26(2,3)31-25(33)32-13-11-18(12-14-32)22-15-20-23(27-16-28-24(20)30-22)29-21-10-6-8-17-7-4-5-9-19(17)21/h4-11,15-16H,12-14H2,1-3H3,(H,31,33)(H2,27,28,29,30). The zero-order valence-electron chi connectivity index (χ0n) is 19.1. The van der Waals surface area contributed by atoms with Crippen LogP contribution in [0, 0.1) is 0 Å². The van der Waals surface area contributed by atoms with E-state index in [4.69, 9.17) is 0 Å². The SMILES string of the molecule is CC(C)(C)NC(=O)N1CC=C(c2cc3c(Nc4cccc5ccccc45)ncnc3[nH]2)CC1. The van der Waals surface area contributed by atoms with Crippen LogP contribution in [-0.4, -0.2) is 44.5 Å². The van der Waals surface area contributed by atoms with Crippen LogP contribution in [0.1, 0.15) is 32.9 Å². The molecule has 0 saturated carbocycles. The maximum Gasteiger partial charge on any atom is 0.318 e. The van der Waals surface area contributed by atoms with E-state index < -0.39 is 0 Å². The number of urea groups is 1. The van der Waals surface area contributed by atoms with Crippen LogP contribution in [0.5, 0.6) is 0 Å². The second-order valence-electron chi connectivity index (χ2n) is 9.42. The zero-order valence-corrected chi connectivity index (χ0v) is 19.1.